The third-order valence-electron chi connectivity index (χ3n) is 8.35. The SMILES string of the molecule is N=C1C=CC=C/C1=C1/NC=CC=C1n1c2cc3c4ccccc4n(-c4ccccc4)c3cc2c2sc3ccccc3c21. The van der Waals surface area contributed by atoms with Gasteiger partial charge in [-0.25, -0.2) is 0 Å². The summed E-state index contributed by atoms with van der Waals surface area (Å²) in [6.45, 7) is 0. The van der Waals surface area contributed by atoms with Gasteiger partial charge >= 0.3 is 0 Å². The highest BCUT2D eigenvalue weighted by Gasteiger charge is 2.25. The van der Waals surface area contributed by atoms with Gasteiger partial charge in [-0.3, -0.25) is 0 Å². The fraction of sp³-hybridized carbons (Fsp3) is 0. The lowest BCUT2D eigenvalue weighted by molar-refractivity contribution is 1.04. The Morgan fingerprint density at radius 3 is 2.26 bits per heavy atom. The molecule has 198 valence electrons. The maximum absolute atomic E-state index is 8.71. The predicted molar refractivity (Wildman–Crippen MR) is 179 cm³/mol. The zero-order valence-corrected chi connectivity index (χ0v) is 23.3. The van der Waals surface area contributed by atoms with Crippen LogP contribution in [0.2, 0.25) is 0 Å². The molecule has 1 aliphatic heterocycles. The first kappa shape index (κ1) is 23.3. The molecule has 0 unspecified atom stereocenters. The van der Waals surface area contributed by atoms with Gasteiger partial charge in [-0.15, -0.1) is 11.3 Å². The second-order valence-corrected chi connectivity index (χ2v) is 11.7. The van der Waals surface area contributed by atoms with Crippen LogP contribution in [0.25, 0.3) is 64.4 Å². The fourth-order valence-corrected chi connectivity index (χ4v) is 7.78. The molecule has 0 amide bonds. The number of benzene rings is 4. The van der Waals surface area contributed by atoms with Gasteiger partial charge in [0.2, 0.25) is 0 Å². The molecule has 2 N–H and O–H groups in total. The van der Waals surface area contributed by atoms with E-state index >= 15 is 0 Å². The third kappa shape index (κ3) is 3.20. The van der Waals surface area contributed by atoms with E-state index < -0.39 is 0 Å². The van der Waals surface area contributed by atoms with Crippen molar-refractivity contribution >= 4 is 75.8 Å². The number of hydrogen-bond donors (Lipinski definition) is 2. The molecule has 2 aliphatic rings. The summed E-state index contributed by atoms with van der Waals surface area (Å²) in [5, 5.41) is 17.1. The Balaban J connectivity index is 1.46. The number of para-hydroxylation sites is 2. The Kier molecular flexibility index (Phi) is 4.89. The van der Waals surface area contributed by atoms with E-state index in [2.05, 4.69) is 118 Å². The van der Waals surface area contributed by atoms with Gasteiger partial charge in [0.25, 0.3) is 0 Å². The zero-order chi connectivity index (χ0) is 27.8. The molecule has 0 atom stereocenters. The van der Waals surface area contributed by atoms with Crippen LogP contribution in [0.3, 0.4) is 0 Å². The van der Waals surface area contributed by atoms with Crippen LogP contribution in [0.15, 0.2) is 145 Å². The van der Waals surface area contributed by atoms with Crippen molar-refractivity contribution in [1.29, 1.82) is 5.41 Å². The highest BCUT2D eigenvalue weighted by atomic mass is 32.1. The van der Waals surface area contributed by atoms with Gasteiger partial charge in [0.05, 0.1) is 43.9 Å². The minimum atomic E-state index is 0.498. The summed E-state index contributed by atoms with van der Waals surface area (Å²) in [4.78, 5) is 0. The lowest BCUT2D eigenvalue weighted by Gasteiger charge is -2.22. The molecule has 0 saturated carbocycles. The number of aromatic nitrogens is 2. The van der Waals surface area contributed by atoms with Crippen LogP contribution in [0.5, 0.6) is 0 Å². The maximum Gasteiger partial charge on any atom is 0.0728 e. The topological polar surface area (TPSA) is 45.7 Å². The molecule has 1 aliphatic carbocycles. The molecule has 0 radical (unpaired) electrons. The second kappa shape index (κ2) is 8.80. The van der Waals surface area contributed by atoms with E-state index in [0.29, 0.717) is 5.71 Å². The predicted octanol–water partition coefficient (Wildman–Crippen LogP) is 9.46. The van der Waals surface area contributed by atoms with Crippen LogP contribution in [-0.2, 0) is 0 Å². The molecule has 0 bridgehead atoms. The Hall–Kier alpha value is -5.39. The van der Waals surface area contributed by atoms with Crippen molar-refractivity contribution in [2.45, 2.75) is 0 Å². The lowest BCUT2D eigenvalue weighted by atomic mass is 10.00. The first-order chi connectivity index (χ1) is 20.8. The number of hydrogen-bond acceptors (Lipinski definition) is 3. The van der Waals surface area contributed by atoms with Crippen molar-refractivity contribution < 1.29 is 0 Å². The van der Waals surface area contributed by atoms with Crippen molar-refractivity contribution in [3.05, 3.63) is 145 Å². The van der Waals surface area contributed by atoms with E-state index in [1.165, 1.54) is 47.5 Å². The average Bonchev–Trinajstić information content (AvgIpc) is 3.67. The van der Waals surface area contributed by atoms with Crippen molar-refractivity contribution in [1.82, 2.24) is 14.5 Å². The van der Waals surface area contributed by atoms with Crippen LogP contribution in [0.4, 0.5) is 0 Å². The molecule has 9 rings (SSSR count). The Labute approximate surface area is 245 Å². The van der Waals surface area contributed by atoms with E-state index in [1.54, 1.807) is 0 Å². The van der Waals surface area contributed by atoms with E-state index in [1.807, 2.05) is 41.8 Å². The highest BCUT2D eigenvalue weighted by molar-refractivity contribution is 7.26. The molecular formula is C37H24N4S. The molecule has 4 heterocycles. The fourth-order valence-electron chi connectivity index (χ4n) is 6.56. The molecule has 0 saturated heterocycles. The van der Waals surface area contributed by atoms with Crippen LogP contribution in [0.1, 0.15) is 0 Å². The molecule has 0 spiro atoms. The Morgan fingerprint density at radius 2 is 1.38 bits per heavy atom. The number of fused-ring (bicyclic) bond motifs is 8. The third-order valence-corrected chi connectivity index (χ3v) is 9.55. The average molecular weight is 557 g/mol. The molecule has 5 heteroatoms. The van der Waals surface area contributed by atoms with E-state index in [9.17, 15) is 0 Å². The van der Waals surface area contributed by atoms with Crippen LogP contribution in [-0.4, -0.2) is 14.8 Å². The normalized spacial score (nSPS) is 16.9. The van der Waals surface area contributed by atoms with E-state index in [-0.39, 0.29) is 0 Å². The second-order valence-electron chi connectivity index (χ2n) is 10.7. The molecule has 42 heavy (non-hydrogen) atoms. The summed E-state index contributed by atoms with van der Waals surface area (Å²) in [5.74, 6) is 0. The van der Waals surface area contributed by atoms with Gasteiger partial charge in [-0.1, -0.05) is 72.8 Å². The molecule has 4 nitrogen and oxygen atoms in total. The molecular weight excluding hydrogens is 533 g/mol. The quantitative estimate of drug-likeness (QED) is 0.219. The van der Waals surface area contributed by atoms with Crippen LogP contribution in [0, 0.1) is 5.41 Å². The summed E-state index contributed by atoms with van der Waals surface area (Å²) >= 11 is 1.85. The highest BCUT2D eigenvalue weighted by Crippen LogP contribution is 2.46. The number of nitrogens with one attached hydrogen (secondary N) is 2. The smallest absolute Gasteiger partial charge is 0.0728 e. The maximum atomic E-state index is 8.71. The lowest BCUT2D eigenvalue weighted by Crippen LogP contribution is -2.19. The number of allylic oxidation sites excluding steroid dienone is 8. The van der Waals surface area contributed by atoms with Crippen molar-refractivity contribution in [3.8, 4) is 5.69 Å². The van der Waals surface area contributed by atoms with E-state index in [0.717, 1.165) is 28.2 Å². The standard InChI is InChI=1S/C37H24N4S/c38-29-16-7-4-14-25(29)35-31(18-10-20-39-35)41-33-21-27-24-13-5-8-17-30(24)40(23-11-2-1-3-12-23)32(27)22-28(33)37-36(41)26-15-6-9-19-34(26)42-37/h1-22,38-39H/b35-25-,38-29?. The summed E-state index contributed by atoms with van der Waals surface area (Å²) in [6.07, 6.45) is 14.0. The number of nitrogens with zero attached hydrogens (tertiary/aromatic N) is 2. The molecule has 7 aromatic rings. The van der Waals surface area contributed by atoms with Crippen LogP contribution < -0.4 is 5.32 Å². The molecule has 0 fully saturated rings. The Bertz CT molecular complexity index is 2440. The van der Waals surface area contributed by atoms with Gasteiger partial charge in [-0.2, -0.15) is 0 Å². The monoisotopic (exact) mass is 556 g/mol. The Morgan fingerprint density at radius 1 is 0.643 bits per heavy atom. The van der Waals surface area contributed by atoms with Gasteiger partial charge in [0.15, 0.2) is 0 Å². The van der Waals surface area contributed by atoms with Gasteiger partial charge < -0.3 is 19.9 Å². The zero-order valence-electron chi connectivity index (χ0n) is 22.5. The minimum absolute atomic E-state index is 0.498. The van der Waals surface area contributed by atoms with Crippen molar-refractivity contribution in [2.75, 3.05) is 0 Å². The van der Waals surface area contributed by atoms with Gasteiger partial charge in [0, 0.05) is 43.7 Å². The summed E-state index contributed by atoms with van der Waals surface area (Å²) < 4.78 is 7.34. The first-order valence-electron chi connectivity index (χ1n) is 14.0. The number of dihydropyridines is 1. The summed E-state index contributed by atoms with van der Waals surface area (Å²) in [6, 6.07) is 32.8. The molecule has 3 aromatic heterocycles. The van der Waals surface area contributed by atoms with E-state index in [4.69, 9.17) is 5.41 Å². The summed E-state index contributed by atoms with van der Waals surface area (Å²) in [7, 11) is 0. The number of thiophene rings is 1. The van der Waals surface area contributed by atoms with Gasteiger partial charge in [0.1, 0.15) is 0 Å². The van der Waals surface area contributed by atoms with Gasteiger partial charge in [-0.05, 0) is 54.6 Å². The minimum Gasteiger partial charge on any atom is -0.359 e. The van der Waals surface area contributed by atoms with Crippen LogP contribution >= 0.6 is 11.3 Å². The largest absolute Gasteiger partial charge is 0.359 e. The first-order valence-corrected chi connectivity index (χ1v) is 14.9. The van der Waals surface area contributed by atoms with Crippen molar-refractivity contribution in [2.24, 2.45) is 0 Å². The summed E-state index contributed by atoms with van der Waals surface area (Å²) in [5.41, 5.74) is 9.26. The van der Waals surface area contributed by atoms with Crippen molar-refractivity contribution in [3.63, 3.8) is 0 Å². The number of rotatable bonds is 2. The molecule has 4 aromatic carbocycles.